The zero-order chi connectivity index (χ0) is 23.0. The smallest absolute Gasteiger partial charge is 0.301 e. The van der Waals surface area contributed by atoms with Crippen molar-refractivity contribution in [1.29, 1.82) is 0 Å². The lowest BCUT2D eigenvalue weighted by atomic mass is 9.95. The van der Waals surface area contributed by atoms with E-state index in [4.69, 9.17) is 14.0 Å². The predicted octanol–water partition coefficient (Wildman–Crippen LogP) is 4.39. The molecule has 0 spiro atoms. The number of halogens is 1. The molecule has 4 rings (SSSR count). The summed E-state index contributed by atoms with van der Waals surface area (Å²) in [5.74, 6) is -0.482. The number of carbonyl (C=O) groups excluding carboxylic acids is 2. The van der Waals surface area contributed by atoms with Gasteiger partial charge in [0.2, 0.25) is 0 Å². The van der Waals surface area contributed by atoms with E-state index >= 15 is 0 Å². The SMILES string of the molecule is COc1ccc(C(O)=C2C(=O)C(=O)N(c3cc(C)on3)[C@H]2c2cccc(Br)c2)cc1OC. The van der Waals surface area contributed by atoms with E-state index in [-0.39, 0.29) is 17.2 Å². The molecular formula is C23H19BrN2O6. The first-order chi connectivity index (χ1) is 15.3. The number of hydrogen-bond acceptors (Lipinski definition) is 7. The van der Waals surface area contributed by atoms with E-state index in [1.54, 1.807) is 49.4 Å². The Bertz CT molecular complexity index is 1250. The number of aryl methyl sites for hydroxylation is 1. The van der Waals surface area contributed by atoms with Gasteiger partial charge in [-0.1, -0.05) is 33.2 Å². The standard InChI is InChI=1S/C23H19BrN2O6/c1-12-9-18(25-32-12)26-20(13-5-4-6-15(24)10-13)19(22(28)23(26)29)21(27)14-7-8-16(30-2)17(11-14)31-3/h4-11,20,27H,1-3H3/t20-/m0/s1. The molecule has 9 heteroatoms. The number of amides is 1. The Morgan fingerprint density at radius 2 is 1.84 bits per heavy atom. The third-order valence-corrected chi connectivity index (χ3v) is 5.62. The molecule has 3 aromatic rings. The van der Waals surface area contributed by atoms with Crippen molar-refractivity contribution in [3.05, 3.63) is 75.5 Å². The van der Waals surface area contributed by atoms with E-state index in [2.05, 4.69) is 21.1 Å². The van der Waals surface area contributed by atoms with Gasteiger partial charge in [-0.05, 0) is 42.8 Å². The van der Waals surface area contributed by atoms with Gasteiger partial charge in [-0.3, -0.25) is 14.5 Å². The van der Waals surface area contributed by atoms with Gasteiger partial charge in [-0.15, -0.1) is 0 Å². The maximum atomic E-state index is 13.1. The molecule has 0 unspecified atom stereocenters. The summed E-state index contributed by atoms with van der Waals surface area (Å²) in [6.07, 6.45) is 0. The first kappa shape index (κ1) is 21.6. The minimum atomic E-state index is -0.912. The molecule has 1 aliphatic heterocycles. The molecule has 0 radical (unpaired) electrons. The maximum Gasteiger partial charge on any atom is 0.301 e. The highest BCUT2D eigenvalue weighted by Gasteiger charge is 2.48. The first-order valence-electron chi connectivity index (χ1n) is 9.58. The second-order valence-electron chi connectivity index (χ2n) is 7.09. The number of carbonyl (C=O) groups is 2. The number of aliphatic hydroxyl groups is 1. The molecule has 0 saturated carbocycles. The van der Waals surface area contributed by atoms with Crippen LogP contribution in [-0.4, -0.2) is 36.2 Å². The molecule has 164 valence electrons. The summed E-state index contributed by atoms with van der Waals surface area (Å²) in [6.45, 7) is 1.69. The van der Waals surface area contributed by atoms with Gasteiger partial charge < -0.3 is 19.1 Å². The number of aliphatic hydroxyl groups excluding tert-OH is 1. The topological polar surface area (TPSA) is 102 Å². The monoisotopic (exact) mass is 498 g/mol. The number of nitrogens with zero attached hydrogens (tertiary/aromatic N) is 2. The van der Waals surface area contributed by atoms with Gasteiger partial charge in [0.05, 0.1) is 25.8 Å². The van der Waals surface area contributed by atoms with Crippen LogP contribution in [0.3, 0.4) is 0 Å². The summed E-state index contributed by atoms with van der Waals surface area (Å²) in [4.78, 5) is 27.4. The average molecular weight is 499 g/mol. The lowest BCUT2D eigenvalue weighted by molar-refractivity contribution is -0.132. The summed E-state index contributed by atoms with van der Waals surface area (Å²) >= 11 is 3.42. The van der Waals surface area contributed by atoms with Gasteiger partial charge in [-0.25, -0.2) is 0 Å². The number of benzene rings is 2. The zero-order valence-corrected chi connectivity index (χ0v) is 19.0. The summed E-state index contributed by atoms with van der Waals surface area (Å²) in [5.41, 5.74) is 0.846. The summed E-state index contributed by atoms with van der Waals surface area (Å²) in [6, 6.07) is 12.5. The van der Waals surface area contributed by atoms with Crippen LogP contribution in [-0.2, 0) is 9.59 Å². The molecule has 1 atom stereocenters. The molecule has 2 heterocycles. The lowest BCUT2D eigenvalue weighted by Gasteiger charge is -2.23. The quantitative estimate of drug-likeness (QED) is 0.316. The van der Waals surface area contributed by atoms with E-state index in [0.717, 1.165) is 4.47 Å². The molecule has 0 bridgehead atoms. The Labute approximate surface area is 192 Å². The number of Topliss-reactive ketones (excluding diaryl/α,β-unsaturated/α-hetero) is 1. The van der Waals surface area contributed by atoms with E-state index in [1.807, 2.05) is 6.07 Å². The number of ketones is 1. The molecule has 32 heavy (non-hydrogen) atoms. The Kier molecular flexibility index (Phi) is 5.75. The van der Waals surface area contributed by atoms with Crippen molar-refractivity contribution in [3.63, 3.8) is 0 Å². The van der Waals surface area contributed by atoms with E-state index in [0.29, 0.717) is 28.4 Å². The van der Waals surface area contributed by atoms with Crippen molar-refractivity contribution in [1.82, 2.24) is 5.16 Å². The second-order valence-corrected chi connectivity index (χ2v) is 8.01. The Balaban J connectivity index is 1.94. The third-order valence-electron chi connectivity index (χ3n) is 5.13. The fourth-order valence-electron chi connectivity index (χ4n) is 3.67. The Hall–Kier alpha value is -3.59. The number of anilines is 1. The van der Waals surface area contributed by atoms with Gasteiger partial charge in [0.15, 0.2) is 17.3 Å². The Morgan fingerprint density at radius 1 is 1.09 bits per heavy atom. The number of rotatable bonds is 5. The molecule has 1 aromatic heterocycles. The average Bonchev–Trinajstić information content (AvgIpc) is 3.33. The lowest BCUT2D eigenvalue weighted by Crippen LogP contribution is -2.29. The minimum Gasteiger partial charge on any atom is -0.507 e. The summed E-state index contributed by atoms with van der Waals surface area (Å²) in [7, 11) is 2.96. The summed E-state index contributed by atoms with van der Waals surface area (Å²) in [5, 5.41) is 15.1. The van der Waals surface area contributed by atoms with Crippen LogP contribution in [0.2, 0.25) is 0 Å². The van der Waals surface area contributed by atoms with Gasteiger partial charge in [-0.2, -0.15) is 0 Å². The number of hydrogen-bond donors (Lipinski definition) is 1. The van der Waals surface area contributed by atoms with E-state index in [1.165, 1.54) is 19.1 Å². The van der Waals surface area contributed by atoms with Crippen LogP contribution < -0.4 is 14.4 Å². The van der Waals surface area contributed by atoms with Crippen LogP contribution in [0, 0.1) is 6.92 Å². The van der Waals surface area contributed by atoms with Crippen molar-refractivity contribution in [2.75, 3.05) is 19.1 Å². The van der Waals surface area contributed by atoms with Gasteiger partial charge >= 0.3 is 5.91 Å². The molecule has 1 saturated heterocycles. The van der Waals surface area contributed by atoms with Gasteiger partial charge in [0, 0.05) is 16.1 Å². The van der Waals surface area contributed by atoms with Crippen LogP contribution in [0.4, 0.5) is 5.82 Å². The number of methoxy groups -OCH3 is 2. The molecule has 1 N–H and O–H groups in total. The molecule has 1 aliphatic rings. The highest BCUT2D eigenvalue weighted by atomic mass is 79.9. The fourth-order valence-corrected chi connectivity index (χ4v) is 4.08. The second kappa shape index (κ2) is 8.51. The molecule has 8 nitrogen and oxygen atoms in total. The van der Waals surface area contributed by atoms with E-state index in [9.17, 15) is 14.7 Å². The van der Waals surface area contributed by atoms with Crippen LogP contribution in [0.1, 0.15) is 22.9 Å². The highest BCUT2D eigenvalue weighted by Crippen LogP contribution is 2.43. The third kappa shape index (κ3) is 3.64. The van der Waals surface area contributed by atoms with Crippen molar-refractivity contribution in [2.45, 2.75) is 13.0 Å². The fraction of sp³-hybridized carbons (Fsp3) is 0.174. The molecule has 1 amide bonds. The van der Waals surface area contributed by atoms with Crippen LogP contribution in [0.25, 0.3) is 5.76 Å². The van der Waals surface area contributed by atoms with Crippen molar-refractivity contribution in [2.24, 2.45) is 0 Å². The van der Waals surface area contributed by atoms with Crippen LogP contribution in [0.5, 0.6) is 11.5 Å². The summed E-state index contributed by atoms with van der Waals surface area (Å²) < 4.78 is 16.4. The molecule has 0 aliphatic carbocycles. The molecular weight excluding hydrogens is 480 g/mol. The highest BCUT2D eigenvalue weighted by molar-refractivity contribution is 9.10. The molecule has 2 aromatic carbocycles. The van der Waals surface area contributed by atoms with Crippen LogP contribution >= 0.6 is 15.9 Å². The molecule has 1 fully saturated rings. The van der Waals surface area contributed by atoms with Gasteiger partial charge in [0.25, 0.3) is 5.78 Å². The van der Waals surface area contributed by atoms with Gasteiger partial charge in [0.1, 0.15) is 11.5 Å². The Morgan fingerprint density at radius 3 is 2.47 bits per heavy atom. The first-order valence-corrected chi connectivity index (χ1v) is 10.4. The zero-order valence-electron chi connectivity index (χ0n) is 17.5. The van der Waals surface area contributed by atoms with E-state index < -0.39 is 17.7 Å². The number of ether oxygens (including phenoxy) is 2. The van der Waals surface area contributed by atoms with Crippen LogP contribution in [0.15, 0.2) is 63.1 Å². The normalized spacial score (nSPS) is 17.6. The number of aromatic nitrogens is 1. The predicted molar refractivity (Wildman–Crippen MR) is 120 cm³/mol. The minimum absolute atomic E-state index is 0.0685. The van der Waals surface area contributed by atoms with Crippen molar-refractivity contribution in [3.8, 4) is 11.5 Å². The van der Waals surface area contributed by atoms with Crippen molar-refractivity contribution >= 4 is 39.2 Å². The largest absolute Gasteiger partial charge is 0.507 e. The van der Waals surface area contributed by atoms with Crippen molar-refractivity contribution < 1.29 is 28.7 Å². The maximum absolute atomic E-state index is 13.1.